The Morgan fingerprint density at radius 2 is 2.00 bits per heavy atom. The number of Topliss-reactive ketones (excluding diaryl/α,β-unsaturated/α-hetero) is 1. The molecule has 1 aliphatic heterocycles. The Morgan fingerprint density at radius 3 is 2.75 bits per heavy atom. The number of nitrogens with zero attached hydrogens (tertiary/aromatic N) is 2. The smallest absolute Gasteiger partial charge is 0.321 e. The van der Waals surface area contributed by atoms with E-state index in [2.05, 4.69) is 15.5 Å². The summed E-state index contributed by atoms with van der Waals surface area (Å²) in [7, 11) is 1.59. The topological polar surface area (TPSA) is 78.1 Å². The lowest BCUT2D eigenvalue weighted by Crippen LogP contribution is -2.43. The predicted octanol–water partition coefficient (Wildman–Crippen LogP) is 3.40. The van der Waals surface area contributed by atoms with Gasteiger partial charge in [-0.15, -0.1) is 0 Å². The van der Waals surface area contributed by atoms with Crippen LogP contribution in [-0.2, 0) is 11.2 Å². The third-order valence-electron chi connectivity index (χ3n) is 5.00. The highest BCUT2D eigenvalue weighted by Gasteiger charge is 2.30. The molecule has 0 spiro atoms. The number of hydrogen-bond donors (Lipinski definition) is 2. The first-order valence-electron chi connectivity index (χ1n) is 8.88. The Balaban J connectivity index is 1.67. The summed E-state index contributed by atoms with van der Waals surface area (Å²) in [5.74, 6) is -0.480. The van der Waals surface area contributed by atoms with Crippen LogP contribution in [0.1, 0.15) is 22.7 Å². The van der Waals surface area contributed by atoms with Crippen molar-refractivity contribution in [3.63, 3.8) is 0 Å². The van der Waals surface area contributed by atoms with Gasteiger partial charge >= 0.3 is 6.03 Å². The maximum absolute atomic E-state index is 13.3. The van der Waals surface area contributed by atoms with E-state index in [0.29, 0.717) is 11.1 Å². The van der Waals surface area contributed by atoms with Crippen molar-refractivity contribution < 1.29 is 14.0 Å². The van der Waals surface area contributed by atoms with Gasteiger partial charge in [-0.25, -0.2) is 9.18 Å². The number of aryl methyl sites for hydroxylation is 1. The number of aromatic amines is 1. The minimum atomic E-state index is -0.618. The van der Waals surface area contributed by atoms with Crippen LogP contribution in [0.15, 0.2) is 54.4 Å². The second-order valence-electron chi connectivity index (χ2n) is 6.97. The number of nitrogens with one attached hydrogen (secondary N) is 2. The van der Waals surface area contributed by atoms with Crippen molar-refractivity contribution in [1.82, 2.24) is 20.4 Å². The van der Waals surface area contributed by atoms with Crippen LogP contribution in [0, 0.1) is 12.7 Å². The number of aromatic nitrogens is 2. The number of rotatable bonds is 4. The fourth-order valence-corrected chi connectivity index (χ4v) is 3.41. The second-order valence-corrected chi connectivity index (χ2v) is 6.97. The first-order chi connectivity index (χ1) is 13.4. The molecule has 2 N–H and O–H groups in total. The van der Waals surface area contributed by atoms with Crippen LogP contribution in [0.3, 0.4) is 0 Å². The standard InChI is InChI=1S/C21H19FN4O2/c1-12-7-15-10-23-25-18(15)8-14(12)9-19(27)17-11-26(2)21(28)24-20(17)13-3-5-16(22)6-4-13/h3-8,10-11,20H,9H2,1-2H3,(H,23,25)(H,24,28)/t20-/m0/s1. The average molecular weight is 378 g/mol. The first-order valence-corrected chi connectivity index (χ1v) is 8.88. The van der Waals surface area contributed by atoms with Gasteiger partial charge in [0.1, 0.15) is 5.82 Å². The van der Waals surface area contributed by atoms with E-state index in [1.54, 1.807) is 31.6 Å². The van der Waals surface area contributed by atoms with Gasteiger partial charge in [0.05, 0.1) is 17.8 Å². The zero-order valence-corrected chi connectivity index (χ0v) is 15.5. The minimum absolute atomic E-state index is 0.108. The van der Waals surface area contributed by atoms with Gasteiger partial charge in [0.2, 0.25) is 0 Å². The van der Waals surface area contributed by atoms with Gasteiger partial charge in [0.25, 0.3) is 0 Å². The van der Waals surface area contributed by atoms with E-state index >= 15 is 0 Å². The molecule has 1 aromatic heterocycles. The number of carbonyl (C=O) groups is 2. The number of ketones is 1. The molecule has 1 atom stereocenters. The van der Waals surface area contributed by atoms with E-state index in [-0.39, 0.29) is 24.1 Å². The number of halogens is 1. The third-order valence-corrected chi connectivity index (χ3v) is 5.00. The Labute approximate surface area is 161 Å². The summed E-state index contributed by atoms with van der Waals surface area (Å²) in [5.41, 5.74) is 3.86. The van der Waals surface area contributed by atoms with Crippen LogP contribution < -0.4 is 5.32 Å². The maximum Gasteiger partial charge on any atom is 0.321 e. The molecule has 4 rings (SSSR count). The quantitative estimate of drug-likeness (QED) is 0.730. The molecule has 0 saturated carbocycles. The number of benzene rings is 2. The molecule has 6 nitrogen and oxygen atoms in total. The number of fused-ring (bicyclic) bond motifs is 1. The van der Waals surface area contributed by atoms with E-state index in [0.717, 1.165) is 22.0 Å². The van der Waals surface area contributed by atoms with E-state index < -0.39 is 6.04 Å². The highest BCUT2D eigenvalue weighted by atomic mass is 19.1. The summed E-state index contributed by atoms with van der Waals surface area (Å²) in [6.07, 6.45) is 3.49. The summed E-state index contributed by atoms with van der Waals surface area (Å²) in [6.45, 7) is 1.95. The minimum Gasteiger partial charge on any atom is -0.327 e. The Kier molecular flexibility index (Phi) is 4.43. The fourth-order valence-electron chi connectivity index (χ4n) is 3.41. The molecule has 0 radical (unpaired) electrons. The van der Waals surface area contributed by atoms with Crippen LogP contribution in [0.25, 0.3) is 10.9 Å². The van der Waals surface area contributed by atoms with Gasteiger partial charge in [-0.3, -0.25) is 9.89 Å². The largest absolute Gasteiger partial charge is 0.327 e. The third kappa shape index (κ3) is 3.26. The highest BCUT2D eigenvalue weighted by Crippen LogP contribution is 2.28. The van der Waals surface area contributed by atoms with Crippen molar-refractivity contribution >= 4 is 22.7 Å². The lowest BCUT2D eigenvalue weighted by atomic mass is 9.91. The molecule has 2 amide bonds. The molecule has 0 fully saturated rings. The molecule has 3 aromatic rings. The van der Waals surface area contributed by atoms with Crippen molar-refractivity contribution in [2.24, 2.45) is 0 Å². The van der Waals surface area contributed by atoms with Crippen LogP contribution in [-0.4, -0.2) is 34.0 Å². The predicted molar refractivity (Wildman–Crippen MR) is 103 cm³/mol. The molecule has 142 valence electrons. The summed E-state index contributed by atoms with van der Waals surface area (Å²) >= 11 is 0. The molecule has 28 heavy (non-hydrogen) atoms. The molecule has 0 aliphatic carbocycles. The number of H-pyrrole nitrogens is 1. The van der Waals surface area contributed by atoms with E-state index in [1.807, 2.05) is 19.1 Å². The first kappa shape index (κ1) is 17.9. The second kappa shape index (κ2) is 6.92. The average Bonchev–Trinajstić information content (AvgIpc) is 3.11. The molecular formula is C21H19FN4O2. The number of hydrogen-bond acceptors (Lipinski definition) is 3. The summed E-state index contributed by atoms with van der Waals surface area (Å²) in [5, 5.41) is 10.7. The molecular weight excluding hydrogens is 359 g/mol. The van der Waals surface area contributed by atoms with Crippen LogP contribution in [0.2, 0.25) is 0 Å². The SMILES string of the molecule is Cc1cc2cn[nH]c2cc1CC(=O)C1=CN(C)C(=O)N[C@H]1c1ccc(F)cc1. The normalized spacial score (nSPS) is 16.8. The van der Waals surface area contributed by atoms with E-state index in [9.17, 15) is 14.0 Å². The number of urea groups is 1. The van der Waals surface area contributed by atoms with Crippen molar-refractivity contribution in [2.75, 3.05) is 7.05 Å². The van der Waals surface area contributed by atoms with Gasteiger partial charge in [-0.05, 0) is 47.9 Å². The molecule has 2 aromatic carbocycles. The zero-order valence-electron chi connectivity index (χ0n) is 15.5. The van der Waals surface area contributed by atoms with E-state index in [1.165, 1.54) is 17.0 Å². The molecule has 0 unspecified atom stereocenters. The van der Waals surface area contributed by atoms with Crippen molar-refractivity contribution in [3.8, 4) is 0 Å². The number of amides is 2. The van der Waals surface area contributed by atoms with Crippen LogP contribution in [0.5, 0.6) is 0 Å². The lowest BCUT2D eigenvalue weighted by Gasteiger charge is -2.30. The van der Waals surface area contributed by atoms with Crippen LogP contribution in [0.4, 0.5) is 9.18 Å². The molecule has 7 heteroatoms. The fraction of sp³-hybridized carbons (Fsp3) is 0.190. The van der Waals surface area contributed by atoms with Gasteiger partial charge in [0.15, 0.2) is 5.78 Å². The van der Waals surface area contributed by atoms with Gasteiger partial charge in [-0.2, -0.15) is 5.10 Å². The lowest BCUT2D eigenvalue weighted by molar-refractivity contribution is -0.115. The molecule has 0 bridgehead atoms. The Morgan fingerprint density at radius 1 is 1.25 bits per heavy atom. The number of carbonyl (C=O) groups excluding carboxylic acids is 2. The highest BCUT2D eigenvalue weighted by molar-refractivity contribution is 6.00. The van der Waals surface area contributed by atoms with Gasteiger partial charge < -0.3 is 10.2 Å². The summed E-state index contributed by atoms with van der Waals surface area (Å²) in [4.78, 5) is 26.6. The molecule has 2 heterocycles. The van der Waals surface area contributed by atoms with Crippen LogP contribution >= 0.6 is 0 Å². The van der Waals surface area contributed by atoms with Gasteiger partial charge in [0, 0.05) is 30.6 Å². The van der Waals surface area contributed by atoms with E-state index in [4.69, 9.17) is 0 Å². The molecule has 0 saturated heterocycles. The summed E-state index contributed by atoms with van der Waals surface area (Å²) in [6, 6.07) is 8.77. The Hall–Kier alpha value is -3.48. The van der Waals surface area contributed by atoms with Crippen molar-refractivity contribution in [3.05, 3.63) is 76.9 Å². The molecule has 1 aliphatic rings. The maximum atomic E-state index is 13.3. The van der Waals surface area contributed by atoms with Crippen molar-refractivity contribution in [2.45, 2.75) is 19.4 Å². The van der Waals surface area contributed by atoms with Gasteiger partial charge in [-0.1, -0.05) is 12.1 Å². The zero-order chi connectivity index (χ0) is 19.8. The Bertz CT molecular complexity index is 1100. The summed E-state index contributed by atoms with van der Waals surface area (Å²) < 4.78 is 13.3. The van der Waals surface area contributed by atoms with Crippen molar-refractivity contribution in [1.29, 1.82) is 0 Å². The monoisotopic (exact) mass is 378 g/mol.